The van der Waals surface area contributed by atoms with Crippen LogP contribution in [0.3, 0.4) is 0 Å². The number of hydrogen-bond acceptors (Lipinski definition) is 4. The van der Waals surface area contributed by atoms with Gasteiger partial charge in [0.2, 0.25) is 5.76 Å². The Labute approximate surface area is 99.1 Å². The van der Waals surface area contributed by atoms with E-state index in [9.17, 15) is 18.0 Å². The van der Waals surface area contributed by atoms with E-state index >= 15 is 0 Å². The lowest BCUT2D eigenvalue weighted by Gasteiger charge is -2.05. The molecule has 0 saturated carbocycles. The van der Waals surface area contributed by atoms with Gasteiger partial charge >= 0.3 is 12.1 Å². The zero-order valence-electron chi connectivity index (χ0n) is 8.95. The molecule has 0 aliphatic rings. The Morgan fingerprint density at radius 3 is 2.72 bits per heavy atom. The van der Waals surface area contributed by atoms with Gasteiger partial charge in [-0.2, -0.15) is 13.2 Å². The smallest absolute Gasteiger partial charge is 0.422 e. The summed E-state index contributed by atoms with van der Waals surface area (Å²) < 4.78 is 44.7. The van der Waals surface area contributed by atoms with E-state index in [0.29, 0.717) is 16.7 Å². The Morgan fingerprint density at radius 1 is 1.33 bits per heavy atom. The largest absolute Gasteiger partial charge is 0.450 e. The predicted octanol–water partition coefficient (Wildman–Crippen LogP) is 2.73. The first-order valence-electron chi connectivity index (χ1n) is 4.88. The summed E-state index contributed by atoms with van der Waals surface area (Å²) in [4.78, 5) is 11.3. The molecule has 0 aliphatic carbocycles. The molecule has 1 heterocycles. The number of rotatable bonds is 2. The number of ether oxygens (including phenoxy) is 1. The molecule has 18 heavy (non-hydrogen) atoms. The van der Waals surface area contributed by atoms with Crippen molar-refractivity contribution in [1.82, 2.24) is 0 Å². The van der Waals surface area contributed by atoms with Crippen LogP contribution in [-0.2, 0) is 4.74 Å². The molecule has 7 heteroatoms. The van der Waals surface area contributed by atoms with Crippen LogP contribution in [0.2, 0.25) is 0 Å². The van der Waals surface area contributed by atoms with Crippen molar-refractivity contribution in [2.45, 2.75) is 6.18 Å². The molecule has 2 aromatic rings. The third-order valence-electron chi connectivity index (χ3n) is 2.11. The molecule has 4 nitrogen and oxygen atoms in total. The quantitative estimate of drug-likeness (QED) is 0.665. The van der Waals surface area contributed by atoms with Crippen molar-refractivity contribution >= 4 is 22.6 Å². The average Bonchev–Trinajstić information content (AvgIpc) is 2.67. The highest BCUT2D eigenvalue weighted by molar-refractivity contribution is 5.93. The van der Waals surface area contributed by atoms with Crippen LogP contribution in [0.1, 0.15) is 10.6 Å². The van der Waals surface area contributed by atoms with Crippen LogP contribution in [0.4, 0.5) is 18.9 Å². The first-order valence-corrected chi connectivity index (χ1v) is 4.88. The number of benzene rings is 1. The monoisotopic (exact) mass is 259 g/mol. The van der Waals surface area contributed by atoms with E-state index in [1.165, 1.54) is 12.1 Å². The van der Waals surface area contributed by atoms with Gasteiger partial charge in [0.25, 0.3) is 0 Å². The second-order valence-corrected chi connectivity index (χ2v) is 3.60. The summed E-state index contributed by atoms with van der Waals surface area (Å²) in [7, 11) is 0. The van der Waals surface area contributed by atoms with Gasteiger partial charge in [-0.15, -0.1) is 0 Å². The molecule has 0 atom stereocenters. The second kappa shape index (κ2) is 4.25. The van der Waals surface area contributed by atoms with Crippen molar-refractivity contribution in [3.63, 3.8) is 0 Å². The standard InChI is InChI=1S/C11H8F3NO3/c12-11(13,14)5-17-10(16)9-4-6-3-7(15)1-2-8(6)18-9/h1-4H,5,15H2. The summed E-state index contributed by atoms with van der Waals surface area (Å²) in [6.07, 6.45) is -4.56. The molecular formula is C11H8F3NO3. The van der Waals surface area contributed by atoms with Crippen molar-refractivity contribution in [3.8, 4) is 0 Å². The highest BCUT2D eigenvalue weighted by Gasteiger charge is 2.30. The zero-order valence-corrected chi connectivity index (χ0v) is 8.95. The molecule has 0 aliphatic heterocycles. The van der Waals surface area contributed by atoms with E-state index in [-0.39, 0.29) is 5.76 Å². The van der Waals surface area contributed by atoms with E-state index in [4.69, 9.17) is 10.2 Å². The molecule has 2 rings (SSSR count). The SMILES string of the molecule is Nc1ccc2oc(C(=O)OCC(F)(F)F)cc2c1. The number of carbonyl (C=O) groups is 1. The highest BCUT2D eigenvalue weighted by atomic mass is 19.4. The highest BCUT2D eigenvalue weighted by Crippen LogP contribution is 2.23. The van der Waals surface area contributed by atoms with Crippen LogP contribution in [0, 0.1) is 0 Å². The molecule has 0 bridgehead atoms. The number of hydrogen-bond donors (Lipinski definition) is 1. The van der Waals surface area contributed by atoms with Crippen LogP contribution in [0.15, 0.2) is 28.7 Å². The first kappa shape index (κ1) is 12.3. The fourth-order valence-electron chi connectivity index (χ4n) is 1.38. The van der Waals surface area contributed by atoms with Crippen LogP contribution >= 0.6 is 0 Å². The van der Waals surface area contributed by atoms with Gasteiger partial charge in [0.1, 0.15) is 5.58 Å². The van der Waals surface area contributed by atoms with E-state index in [2.05, 4.69) is 4.74 Å². The Hall–Kier alpha value is -2.18. The van der Waals surface area contributed by atoms with Gasteiger partial charge in [-0.05, 0) is 24.3 Å². The minimum Gasteiger partial charge on any atom is -0.450 e. The minimum absolute atomic E-state index is 0.292. The number of furan rings is 1. The van der Waals surface area contributed by atoms with Gasteiger partial charge in [-0.3, -0.25) is 0 Å². The van der Waals surface area contributed by atoms with Crippen molar-refractivity contribution < 1.29 is 27.1 Å². The number of halogens is 3. The molecule has 2 N–H and O–H groups in total. The Bertz CT molecular complexity index is 589. The third kappa shape index (κ3) is 2.73. The average molecular weight is 259 g/mol. The van der Waals surface area contributed by atoms with Crippen molar-refractivity contribution in [3.05, 3.63) is 30.0 Å². The van der Waals surface area contributed by atoms with Gasteiger partial charge < -0.3 is 14.9 Å². The van der Waals surface area contributed by atoms with Crippen molar-refractivity contribution in [1.29, 1.82) is 0 Å². The van der Waals surface area contributed by atoms with Crippen LogP contribution in [-0.4, -0.2) is 18.8 Å². The lowest BCUT2D eigenvalue weighted by molar-refractivity contribution is -0.161. The summed E-state index contributed by atoms with van der Waals surface area (Å²) in [5.74, 6) is -1.46. The Morgan fingerprint density at radius 2 is 2.06 bits per heavy atom. The van der Waals surface area contributed by atoms with Gasteiger partial charge in [0, 0.05) is 11.1 Å². The number of esters is 1. The summed E-state index contributed by atoms with van der Waals surface area (Å²) in [5.41, 5.74) is 6.33. The molecular weight excluding hydrogens is 251 g/mol. The number of nitrogen functional groups attached to an aromatic ring is 1. The molecule has 1 aromatic carbocycles. The van der Waals surface area contributed by atoms with E-state index in [0.717, 1.165) is 0 Å². The fraction of sp³-hybridized carbons (Fsp3) is 0.182. The van der Waals surface area contributed by atoms with E-state index in [1.54, 1.807) is 12.1 Å². The number of fused-ring (bicyclic) bond motifs is 1. The fourth-order valence-corrected chi connectivity index (χ4v) is 1.38. The van der Waals surface area contributed by atoms with Crippen LogP contribution in [0.25, 0.3) is 11.0 Å². The van der Waals surface area contributed by atoms with E-state index < -0.39 is 18.8 Å². The van der Waals surface area contributed by atoms with Crippen molar-refractivity contribution in [2.75, 3.05) is 12.3 Å². The van der Waals surface area contributed by atoms with Crippen LogP contribution in [0.5, 0.6) is 0 Å². The second-order valence-electron chi connectivity index (χ2n) is 3.60. The normalized spacial score (nSPS) is 11.7. The topological polar surface area (TPSA) is 65.5 Å². The molecule has 0 unspecified atom stereocenters. The lowest BCUT2D eigenvalue weighted by atomic mass is 10.2. The summed E-state index contributed by atoms with van der Waals surface area (Å²) in [6.45, 7) is -1.65. The summed E-state index contributed by atoms with van der Waals surface area (Å²) in [6, 6.07) is 5.89. The molecule has 96 valence electrons. The molecule has 0 fully saturated rings. The maximum absolute atomic E-state index is 11.9. The van der Waals surface area contributed by atoms with Gasteiger partial charge in [0.05, 0.1) is 0 Å². The number of anilines is 1. The maximum Gasteiger partial charge on any atom is 0.422 e. The van der Waals surface area contributed by atoms with Gasteiger partial charge in [-0.25, -0.2) is 4.79 Å². The summed E-state index contributed by atoms with van der Waals surface area (Å²) >= 11 is 0. The maximum atomic E-state index is 11.9. The Balaban J connectivity index is 2.18. The number of alkyl halides is 3. The molecule has 1 aromatic heterocycles. The van der Waals surface area contributed by atoms with Gasteiger partial charge in [0.15, 0.2) is 6.61 Å². The molecule has 0 saturated heterocycles. The lowest BCUT2D eigenvalue weighted by Crippen LogP contribution is -2.20. The third-order valence-corrected chi connectivity index (χ3v) is 2.11. The first-order chi connectivity index (χ1) is 8.35. The number of nitrogens with two attached hydrogens (primary N) is 1. The Kier molecular flexibility index (Phi) is 2.90. The molecule has 0 amide bonds. The van der Waals surface area contributed by atoms with Crippen molar-refractivity contribution in [2.24, 2.45) is 0 Å². The summed E-state index contributed by atoms with van der Waals surface area (Å²) in [5, 5.41) is 0.522. The molecule has 0 radical (unpaired) electrons. The zero-order chi connectivity index (χ0) is 13.3. The minimum atomic E-state index is -4.56. The molecule has 0 spiro atoms. The predicted molar refractivity (Wildman–Crippen MR) is 57.0 cm³/mol. The number of carbonyl (C=O) groups excluding carboxylic acids is 1. The van der Waals surface area contributed by atoms with E-state index in [1.807, 2.05) is 0 Å². The van der Waals surface area contributed by atoms with Gasteiger partial charge in [-0.1, -0.05) is 0 Å². The van der Waals surface area contributed by atoms with Crippen LogP contribution < -0.4 is 5.73 Å².